The van der Waals surface area contributed by atoms with Gasteiger partial charge < -0.3 is 41.7 Å². The summed E-state index contributed by atoms with van der Waals surface area (Å²) in [6.07, 6.45) is 4.32. The van der Waals surface area contributed by atoms with Gasteiger partial charge in [0.15, 0.2) is 11.4 Å². The SMILES string of the molecule is CCCCCCNCC(=O)Nc1cc(N(C)C)c2c(c1O)C(O)=C1C(=O)[C@]3(O)C(O)=C(C(N)=O)C(=O)[C@@H](N(C)C)C3CC1C2.Cl.Cl. The number of phenols is 1. The molecule has 2 unspecified atom stereocenters. The molecule has 1 aromatic carbocycles. The van der Waals surface area contributed by atoms with Gasteiger partial charge in [-0.25, -0.2) is 0 Å². The minimum Gasteiger partial charge on any atom is -0.508 e. The topological polar surface area (TPSA) is 206 Å². The van der Waals surface area contributed by atoms with E-state index >= 15 is 0 Å². The summed E-state index contributed by atoms with van der Waals surface area (Å²) in [5, 5.41) is 51.5. The van der Waals surface area contributed by atoms with Crippen LogP contribution in [0.3, 0.4) is 0 Å². The van der Waals surface area contributed by atoms with Crippen molar-refractivity contribution in [2.45, 2.75) is 57.1 Å². The smallest absolute Gasteiger partial charge is 0.255 e. The third-order valence-electron chi connectivity index (χ3n) is 8.95. The number of benzene rings is 1. The normalized spacial score (nSPS) is 23.6. The molecule has 0 heterocycles. The number of aliphatic hydroxyl groups excluding tert-OH is 2. The number of nitrogens with zero attached hydrogens (tertiary/aromatic N) is 2. The van der Waals surface area contributed by atoms with Crippen LogP contribution in [0.1, 0.15) is 50.2 Å². The molecule has 4 rings (SSSR count). The lowest BCUT2D eigenvalue weighted by atomic mass is 9.57. The van der Waals surface area contributed by atoms with Gasteiger partial charge in [0.2, 0.25) is 11.7 Å². The Morgan fingerprint density at radius 2 is 1.72 bits per heavy atom. The van der Waals surface area contributed by atoms with Gasteiger partial charge in [0.1, 0.15) is 22.8 Å². The summed E-state index contributed by atoms with van der Waals surface area (Å²) >= 11 is 0. The fraction of sp³-hybridized carbons (Fsp3) is 0.548. The number of nitrogens with two attached hydrogens (primary N) is 1. The summed E-state index contributed by atoms with van der Waals surface area (Å²) in [7, 11) is 6.61. The van der Waals surface area contributed by atoms with Crippen molar-refractivity contribution >= 4 is 65.3 Å². The molecule has 3 aliphatic rings. The van der Waals surface area contributed by atoms with Crippen molar-refractivity contribution in [3.05, 3.63) is 34.1 Å². The van der Waals surface area contributed by atoms with E-state index in [1.165, 1.54) is 4.90 Å². The molecule has 0 radical (unpaired) electrons. The highest BCUT2D eigenvalue weighted by Crippen LogP contribution is 2.54. The summed E-state index contributed by atoms with van der Waals surface area (Å²) in [5.41, 5.74) is 2.54. The minimum atomic E-state index is -2.72. The molecule has 3 aliphatic carbocycles. The Bertz CT molecular complexity index is 1460. The Labute approximate surface area is 280 Å². The molecule has 1 aromatic rings. The zero-order valence-electron chi connectivity index (χ0n) is 26.7. The second-order valence-electron chi connectivity index (χ2n) is 12.3. The number of phenolic OH excluding ortho intramolecular Hbond substituents is 1. The first-order chi connectivity index (χ1) is 20.7. The van der Waals surface area contributed by atoms with Crippen molar-refractivity contribution in [1.82, 2.24) is 10.2 Å². The van der Waals surface area contributed by atoms with E-state index in [4.69, 9.17) is 5.73 Å². The maximum atomic E-state index is 14.1. The summed E-state index contributed by atoms with van der Waals surface area (Å²) in [6, 6.07) is 0.430. The summed E-state index contributed by atoms with van der Waals surface area (Å²) in [6.45, 7) is 2.78. The van der Waals surface area contributed by atoms with E-state index < -0.39 is 69.7 Å². The molecule has 0 bridgehead atoms. The van der Waals surface area contributed by atoms with Gasteiger partial charge in [-0.15, -0.1) is 24.8 Å². The summed E-state index contributed by atoms with van der Waals surface area (Å²) < 4.78 is 0. The molecule has 2 amide bonds. The number of hydrogen-bond donors (Lipinski definition) is 7. The predicted octanol–water partition coefficient (Wildman–Crippen LogP) is 1.98. The molecule has 256 valence electrons. The standard InChI is InChI=1S/C31H43N5O8.2ClH/c1-6-7-8-9-10-33-14-20(37)34-18-13-19(35(2)3)16-11-15-12-17-24(36(4)5)27(40)23(30(32)43)29(42)31(17,44)28(41)21(15)26(39)22(16)25(18)38;;/h13,15,17,24,33,38-39,42,44H,6-12,14H2,1-5H3,(H2,32,43)(H,34,37);2*1H/t15?,17?,24-,31-;;/m0../s1. The number of fused-ring (bicyclic) bond motifs is 3. The van der Waals surface area contributed by atoms with Gasteiger partial charge in [-0.05, 0) is 57.5 Å². The van der Waals surface area contributed by atoms with Gasteiger partial charge in [-0.1, -0.05) is 26.2 Å². The van der Waals surface area contributed by atoms with Gasteiger partial charge >= 0.3 is 0 Å². The van der Waals surface area contributed by atoms with Gasteiger partial charge in [0, 0.05) is 31.3 Å². The molecular weight excluding hydrogens is 641 g/mol. The van der Waals surface area contributed by atoms with Crippen LogP contribution < -0.4 is 21.3 Å². The molecule has 0 aliphatic heterocycles. The second-order valence-corrected chi connectivity index (χ2v) is 12.3. The number of primary amides is 1. The Kier molecular flexibility index (Phi) is 12.7. The highest BCUT2D eigenvalue weighted by Gasteiger charge is 2.64. The summed E-state index contributed by atoms with van der Waals surface area (Å²) in [5.74, 6) is -7.69. The lowest BCUT2D eigenvalue weighted by Crippen LogP contribution is -2.65. The van der Waals surface area contributed by atoms with Gasteiger partial charge in [-0.2, -0.15) is 0 Å². The largest absolute Gasteiger partial charge is 0.508 e. The zero-order chi connectivity index (χ0) is 32.7. The maximum absolute atomic E-state index is 14.1. The number of halogens is 2. The van der Waals surface area contributed by atoms with Crippen LogP contribution in [0.15, 0.2) is 23.0 Å². The molecule has 46 heavy (non-hydrogen) atoms. The van der Waals surface area contributed by atoms with Crippen LogP contribution >= 0.6 is 24.8 Å². The van der Waals surface area contributed by atoms with Crippen LogP contribution in [0.25, 0.3) is 5.76 Å². The van der Waals surface area contributed by atoms with Crippen molar-refractivity contribution in [3.8, 4) is 5.75 Å². The highest BCUT2D eigenvalue weighted by molar-refractivity contribution is 6.24. The minimum absolute atomic E-state index is 0. The molecule has 15 heteroatoms. The Balaban J connectivity index is 0.00000368. The van der Waals surface area contributed by atoms with Crippen LogP contribution in [0.2, 0.25) is 0 Å². The van der Waals surface area contributed by atoms with E-state index in [2.05, 4.69) is 17.6 Å². The fourth-order valence-corrected chi connectivity index (χ4v) is 6.86. The fourth-order valence-electron chi connectivity index (χ4n) is 6.86. The van der Waals surface area contributed by atoms with Crippen molar-refractivity contribution in [3.63, 3.8) is 0 Å². The molecule has 13 nitrogen and oxygen atoms in total. The van der Waals surface area contributed by atoms with Crippen molar-refractivity contribution in [2.24, 2.45) is 17.6 Å². The number of aliphatic hydroxyl groups is 3. The molecular formula is C31H45Cl2N5O8. The molecule has 4 atom stereocenters. The first-order valence-electron chi connectivity index (χ1n) is 14.9. The lowest BCUT2D eigenvalue weighted by molar-refractivity contribution is -0.153. The van der Waals surface area contributed by atoms with Crippen LogP contribution in [-0.4, -0.2) is 102 Å². The molecule has 0 aromatic heterocycles. The average molecular weight is 687 g/mol. The van der Waals surface area contributed by atoms with Crippen LogP contribution in [-0.2, 0) is 25.6 Å². The average Bonchev–Trinajstić information content (AvgIpc) is 2.93. The first-order valence-corrected chi connectivity index (χ1v) is 14.9. The third-order valence-corrected chi connectivity index (χ3v) is 8.95. The van der Waals surface area contributed by atoms with Crippen LogP contribution in [0.4, 0.5) is 11.4 Å². The molecule has 0 saturated heterocycles. The summed E-state index contributed by atoms with van der Waals surface area (Å²) in [4.78, 5) is 55.5. The van der Waals surface area contributed by atoms with E-state index in [0.717, 1.165) is 25.7 Å². The number of carbonyl (C=O) groups excluding carboxylic acids is 4. The Hall–Kier alpha value is -3.36. The zero-order valence-corrected chi connectivity index (χ0v) is 28.3. The number of rotatable bonds is 11. The number of anilines is 2. The van der Waals surface area contributed by atoms with Gasteiger partial charge in [0.05, 0.1) is 23.8 Å². The van der Waals surface area contributed by atoms with E-state index in [1.54, 1.807) is 39.2 Å². The van der Waals surface area contributed by atoms with E-state index in [1.807, 2.05) is 0 Å². The van der Waals surface area contributed by atoms with Crippen LogP contribution in [0.5, 0.6) is 5.75 Å². The number of aromatic hydroxyl groups is 1. The maximum Gasteiger partial charge on any atom is 0.255 e. The molecule has 0 spiro atoms. The number of amides is 2. The second kappa shape index (κ2) is 15.0. The molecule has 8 N–H and O–H groups in total. The number of Topliss-reactive ketones (excluding diaryl/α,β-unsaturated/α-hetero) is 2. The number of hydrogen-bond acceptors (Lipinski definition) is 11. The molecule has 1 saturated carbocycles. The van der Waals surface area contributed by atoms with E-state index in [9.17, 15) is 39.6 Å². The van der Waals surface area contributed by atoms with Crippen molar-refractivity contribution in [2.75, 3.05) is 51.5 Å². The number of nitrogens with one attached hydrogen (secondary N) is 2. The number of likely N-dealkylation sites (N-methyl/N-ethyl adjacent to an activating group) is 1. The third kappa shape index (κ3) is 6.56. The number of carbonyl (C=O) groups is 4. The number of unbranched alkanes of at least 4 members (excludes halogenated alkanes) is 3. The van der Waals surface area contributed by atoms with Crippen LogP contribution in [0, 0.1) is 11.8 Å². The quantitative estimate of drug-likeness (QED) is 0.102. The lowest BCUT2D eigenvalue weighted by Gasteiger charge is -2.50. The van der Waals surface area contributed by atoms with Gasteiger partial charge in [0.25, 0.3) is 5.91 Å². The Morgan fingerprint density at radius 1 is 1.07 bits per heavy atom. The predicted molar refractivity (Wildman–Crippen MR) is 179 cm³/mol. The number of ketones is 2. The Morgan fingerprint density at radius 3 is 2.28 bits per heavy atom. The van der Waals surface area contributed by atoms with Crippen molar-refractivity contribution in [1.29, 1.82) is 0 Å². The monoisotopic (exact) mass is 685 g/mol. The van der Waals surface area contributed by atoms with Crippen molar-refractivity contribution < 1.29 is 39.6 Å². The van der Waals surface area contributed by atoms with E-state index in [0.29, 0.717) is 17.8 Å². The highest BCUT2D eigenvalue weighted by atomic mass is 35.5. The first kappa shape index (κ1) is 38.8. The van der Waals surface area contributed by atoms with E-state index in [-0.39, 0.29) is 61.0 Å². The van der Waals surface area contributed by atoms with Gasteiger partial charge in [-0.3, -0.25) is 24.1 Å². The molecule has 1 fully saturated rings.